The van der Waals surface area contributed by atoms with Crippen molar-refractivity contribution in [3.63, 3.8) is 0 Å². The fraction of sp³-hybridized carbons (Fsp3) is 0. The first-order valence-electron chi connectivity index (χ1n) is 0. The minimum Gasteiger partial charge on any atom is -1.00 e. The van der Waals surface area contributed by atoms with Crippen LogP contribution in [0.15, 0.2) is 0 Å². The van der Waals surface area contributed by atoms with E-state index in [0.717, 1.165) is 0 Å². The molecule has 0 atom stereocenters. The summed E-state index contributed by atoms with van der Waals surface area (Å²) in [6, 6.07) is 0. The van der Waals surface area contributed by atoms with Crippen LogP contribution < -0.4 is 18.9 Å². The van der Waals surface area contributed by atoms with Crippen LogP contribution in [-0.4, -0.2) is 0 Å². The average molecular weight is 379 g/mol. The Labute approximate surface area is 93.8 Å². The van der Waals surface area contributed by atoms with Gasteiger partial charge in [-0.2, -0.15) is 0 Å². The predicted octanol–water partition coefficient (Wildman–Crippen LogP) is -0.532. The maximum atomic E-state index is 0. The van der Waals surface area contributed by atoms with Gasteiger partial charge in [0.1, 0.15) is 0 Å². The van der Waals surface area contributed by atoms with E-state index in [1.807, 2.05) is 0 Å². The van der Waals surface area contributed by atoms with Crippen LogP contribution >= 0.6 is 74.9 Å². The SMILES string of the molecule is Br.Br.Br.I.[H-].[Li+]. The van der Waals surface area contributed by atoms with Crippen LogP contribution in [0.5, 0.6) is 0 Å². The molecule has 0 aromatic heterocycles. The molecule has 0 heterocycles. The van der Waals surface area contributed by atoms with Gasteiger partial charge >= 0.3 is 18.9 Å². The van der Waals surface area contributed by atoms with E-state index in [4.69, 9.17) is 0 Å². The van der Waals surface area contributed by atoms with Crippen LogP contribution in [0.2, 0.25) is 0 Å². The third kappa shape index (κ3) is 20.1. The van der Waals surface area contributed by atoms with E-state index >= 15 is 0 Å². The van der Waals surface area contributed by atoms with Crippen LogP contribution in [0.25, 0.3) is 0 Å². The molecule has 0 aromatic rings. The summed E-state index contributed by atoms with van der Waals surface area (Å²) in [6.07, 6.45) is 0. The Morgan fingerprint density at radius 3 is 0.800 bits per heavy atom. The fourth-order valence-corrected chi connectivity index (χ4v) is 0. The third-order valence-corrected chi connectivity index (χ3v) is 0. The van der Waals surface area contributed by atoms with Gasteiger partial charge in [-0.1, -0.05) is 0 Å². The summed E-state index contributed by atoms with van der Waals surface area (Å²) in [5.41, 5.74) is 0. The maximum absolute atomic E-state index is 0. The molecule has 0 aliphatic heterocycles. The zero-order chi connectivity index (χ0) is 0. The Morgan fingerprint density at radius 1 is 0.800 bits per heavy atom. The van der Waals surface area contributed by atoms with E-state index in [1.165, 1.54) is 0 Å². The minimum atomic E-state index is 0. The Balaban J connectivity index is 0. The van der Waals surface area contributed by atoms with Gasteiger partial charge in [-0.25, -0.2) is 0 Å². The van der Waals surface area contributed by atoms with Crippen LogP contribution in [0.4, 0.5) is 0 Å². The van der Waals surface area contributed by atoms with Crippen molar-refractivity contribution in [3.05, 3.63) is 0 Å². The summed E-state index contributed by atoms with van der Waals surface area (Å²) >= 11 is 0. The van der Waals surface area contributed by atoms with Gasteiger partial charge in [-0.15, -0.1) is 74.9 Å². The molecule has 0 fully saturated rings. The number of rotatable bonds is 0. The van der Waals surface area contributed by atoms with E-state index < -0.39 is 0 Å². The molecule has 0 nitrogen and oxygen atoms in total. The molecular weight excluding hydrogens is 374 g/mol. The molecule has 0 aliphatic carbocycles. The van der Waals surface area contributed by atoms with E-state index in [1.54, 1.807) is 0 Å². The fourth-order valence-electron chi connectivity index (χ4n) is 0. The first-order valence-corrected chi connectivity index (χ1v) is 0. The summed E-state index contributed by atoms with van der Waals surface area (Å²) in [6.45, 7) is 0. The summed E-state index contributed by atoms with van der Waals surface area (Å²) in [7, 11) is 0. The minimum absolute atomic E-state index is 0. The smallest absolute Gasteiger partial charge is 1.00 e. The largest absolute Gasteiger partial charge is 1.00 e. The first-order chi connectivity index (χ1) is 0. The molecule has 34 valence electrons. The van der Waals surface area contributed by atoms with Crippen molar-refractivity contribution in [1.29, 1.82) is 0 Å². The van der Waals surface area contributed by atoms with E-state index in [-0.39, 0.29) is 95.2 Å². The Hall–Kier alpha value is 2.77. The Morgan fingerprint density at radius 2 is 0.800 bits per heavy atom. The van der Waals surface area contributed by atoms with Crippen LogP contribution in [0.3, 0.4) is 0 Å². The van der Waals surface area contributed by atoms with Crippen LogP contribution in [0.1, 0.15) is 1.43 Å². The van der Waals surface area contributed by atoms with E-state index in [2.05, 4.69) is 0 Å². The molecule has 0 saturated heterocycles. The van der Waals surface area contributed by atoms with Crippen molar-refractivity contribution in [2.24, 2.45) is 0 Å². The molecule has 0 spiro atoms. The molecule has 0 saturated carbocycles. The summed E-state index contributed by atoms with van der Waals surface area (Å²) in [5, 5.41) is 0. The second kappa shape index (κ2) is 29.4. The topological polar surface area (TPSA) is 0 Å². The molecule has 0 bridgehead atoms. The summed E-state index contributed by atoms with van der Waals surface area (Å²) in [4.78, 5) is 0. The zero-order valence-electron chi connectivity index (χ0n) is 3.63. The van der Waals surface area contributed by atoms with Gasteiger partial charge in [0.25, 0.3) is 0 Å². The number of halogens is 4. The van der Waals surface area contributed by atoms with Crippen LogP contribution in [0, 0.1) is 0 Å². The molecule has 0 aliphatic rings. The molecule has 5 heteroatoms. The maximum Gasteiger partial charge on any atom is 1.00 e. The van der Waals surface area contributed by atoms with Gasteiger partial charge in [0.05, 0.1) is 0 Å². The van der Waals surface area contributed by atoms with Crippen LogP contribution in [-0.2, 0) is 0 Å². The standard InChI is InChI=1S/3BrH.HI.Li.H/h4*1H;;/q;;;;+1;-1. The summed E-state index contributed by atoms with van der Waals surface area (Å²) in [5.74, 6) is 0. The van der Waals surface area contributed by atoms with Crippen molar-refractivity contribution in [1.82, 2.24) is 0 Å². The molecule has 0 aromatic carbocycles. The van der Waals surface area contributed by atoms with E-state index in [9.17, 15) is 0 Å². The number of hydrogen-bond acceptors (Lipinski definition) is 0. The average Bonchev–Trinajstić information content (AvgIpc) is 0. The zero-order valence-corrected chi connectivity index (χ0v) is 10.1. The number of hydrogen-bond donors (Lipinski definition) is 0. The first kappa shape index (κ1) is 46.4. The molecular formula is H5Br3ILi. The van der Waals surface area contributed by atoms with Gasteiger partial charge in [0.15, 0.2) is 0 Å². The summed E-state index contributed by atoms with van der Waals surface area (Å²) < 4.78 is 0. The molecule has 5 heavy (non-hydrogen) atoms. The van der Waals surface area contributed by atoms with Crippen molar-refractivity contribution in [3.8, 4) is 0 Å². The van der Waals surface area contributed by atoms with Gasteiger partial charge in [0.2, 0.25) is 0 Å². The molecule has 0 radical (unpaired) electrons. The molecule has 0 rings (SSSR count). The van der Waals surface area contributed by atoms with Gasteiger partial charge < -0.3 is 1.43 Å². The van der Waals surface area contributed by atoms with E-state index in [0.29, 0.717) is 0 Å². The molecule has 0 N–H and O–H groups in total. The predicted molar refractivity (Wildman–Crippen MR) is 47.5 cm³/mol. The monoisotopic (exact) mass is 376 g/mol. The van der Waals surface area contributed by atoms with Gasteiger partial charge in [-0.3, -0.25) is 0 Å². The Kier molecular flexibility index (Phi) is 273. The quantitative estimate of drug-likeness (QED) is 0.393. The van der Waals surface area contributed by atoms with Crippen molar-refractivity contribution < 1.29 is 20.3 Å². The van der Waals surface area contributed by atoms with Crippen molar-refractivity contribution >= 4 is 74.9 Å². The third-order valence-electron chi connectivity index (χ3n) is 0. The Bertz CT molecular complexity index is 10.8. The van der Waals surface area contributed by atoms with Crippen molar-refractivity contribution in [2.75, 3.05) is 0 Å². The normalized spacial score (nSPS) is 0. The van der Waals surface area contributed by atoms with Crippen molar-refractivity contribution in [2.45, 2.75) is 0 Å². The van der Waals surface area contributed by atoms with Gasteiger partial charge in [-0.05, 0) is 0 Å². The second-order valence-electron chi connectivity index (χ2n) is 0. The second-order valence-corrected chi connectivity index (χ2v) is 0. The molecule has 0 amide bonds. The van der Waals surface area contributed by atoms with Gasteiger partial charge in [0, 0.05) is 0 Å². The molecule has 0 unspecified atom stereocenters.